The summed E-state index contributed by atoms with van der Waals surface area (Å²) in [7, 11) is -3.30. The first-order valence-electron chi connectivity index (χ1n) is 16.6. The molecule has 262 valence electrons. The minimum atomic E-state index is -3.30. The Morgan fingerprint density at radius 1 is 1.02 bits per heavy atom. The van der Waals surface area contributed by atoms with Crippen LogP contribution in [0.25, 0.3) is 11.1 Å². The largest absolute Gasteiger partial charge is 0.490 e. The van der Waals surface area contributed by atoms with E-state index in [4.69, 9.17) is 32.7 Å². The first kappa shape index (κ1) is 34.4. The van der Waals surface area contributed by atoms with E-state index in [-0.39, 0.29) is 37.5 Å². The van der Waals surface area contributed by atoms with Crippen LogP contribution in [0.5, 0.6) is 5.75 Å². The maximum absolute atomic E-state index is 13.3. The van der Waals surface area contributed by atoms with Crippen molar-refractivity contribution in [1.29, 1.82) is 0 Å². The molecule has 4 aromatic rings. The van der Waals surface area contributed by atoms with Gasteiger partial charge in [0.05, 0.1) is 23.7 Å². The van der Waals surface area contributed by atoms with Crippen LogP contribution in [0.2, 0.25) is 10.0 Å². The Kier molecular flexibility index (Phi) is 9.80. The van der Waals surface area contributed by atoms with E-state index in [1.807, 2.05) is 43.5 Å². The SMILES string of the molecule is Cc1c(Cl)cccc1OCCOC(=O)N1C[C@@H]2C[C@@H]2c2c(-c3cnn(Cc4cc(C(=O)NCCNS(=O)(=O)C5CC5)ccc4Cl)c3)cccc21. The van der Waals surface area contributed by atoms with E-state index in [2.05, 4.69) is 15.1 Å². The van der Waals surface area contributed by atoms with Crippen molar-refractivity contribution in [3.8, 4) is 16.9 Å². The van der Waals surface area contributed by atoms with Gasteiger partial charge in [0.15, 0.2) is 0 Å². The van der Waals surface area contributed by atoms with Crippen molar-refractivity contribution < 1.29 is 27.5 Å². The molecule has 50 heavy (non-hydrogen) atoms. The molecule has 0 spiro atoms. The Hall–Kier alpha value is -4.10. The first-order valence-corrected chi connectivity index (χ1v) is 18.9. The molecule has 14 heteroatoms. The van der Waals surface area contributed by atoms with Gasteiger partial charge in [0, 0.05) is 52.6 Å². The molecule has 1 aromatic heterocycles. The highest BCUT2D eigenvalue weighted by Gasteiger charge is 2.48. The highest BCUT2D eigenvalue weighted by Crippen LogP contribution is 2.57. The molecule has 2 fully saturated rings. The molecule has 1 aliphatic heterocycles. The highest BCUT2D eigenvalue weighted by atomic mass is 35.5. The fourth-order valence-electron chi connectivity index (χ4n) is 6.41. The number of nitrogens with zero attached hydrogens (tertiary/aromatic N) is 3. The van der Waals surface area contributed by atoms with Crippen LogP contribution < -0.4 is 19.7 Å². The molecule has 2 saturated carbocycles. The summed E-state index contributed by atoms with van der Waals surface area (Å²) in [5.74, 6) is 1.06. The van der Waals surface area contributed by atoms with Crippen LogP contribution in [0.3, 0.4) is 0 Å². The minimum Gasteiger partial charge on any atom is -0.490 e. The van der Waals surface area contributed by atoms with E-state index in [0.717, 1.165) is 34.4 Å². The summed E-state index contributed by atoms with van der Waals surface area (Å²) in [6.45, 7) is 3.42. The third-order valence-electron chi connectivity index (χ3n) is 9.35. The number of fused-ring (bicyclic) bond motifs is 3. The van der Waals surface area contributed by atoms with Crippen LogP contribution in [0.15, 0.2) is 67.0 Å². The number of rotatable bonds is 13. The smallest absolute Gasteiger partial charge is 0.414 e. The topological polar surface area (TPSA) is 132 Å². The molecule has 0 bridgehead atoms. The third-order valence-corrected chi connectivity index (χ3v) is 12.1. The van der Waals surface area contributed by atoms with Crippen molar-refractivity contribution in [2.45, 2.75) is 43.9 Å². The number of carbonyl (C=O) groups excluding carboxylic acids is 2. The zero-order valence-corrected chi connectivity index (χ0v) is 29.7. The number of aromatic nitrogens is 2. The molecule has 2 atom stereocenters. The second-order valence-corrected chi connectivity index (χ2v) is 15.8. The van der Waals surface area contributed by atoms with E-state index in [0.29, 0.717) is 64.7 Å². The summed E-state index contributed by atoms with van der Waals surface area (Å²) in [4.78, 5) is 27.8. The molecule has 0 saturated heterocycles. The van der Waals surface area contributed by atoms with Gasteiger partial charge < -0.3 is 14.8 Å². The molecule has 2 N–H and O–H groups in total. The second-order valence-electron chi connectivity index (χ2n) is 12.9. The molecule has 2 aliphatic carbocycles. The molecule has 3 aliphatic rings. The lowest BCUT2D eigenvalue weighted by molar-refractivity contribution is 0.0954. The van der Waals surface area contributed by atoms with Gasteiger partial charge in [-0.15, -0.1) is 0 Å². The Morgan fingerprint density at radius 3 is 2.66 bits per heavy atom. The molecule has 11 nitrogen and oxygen atoms in total. The highest BCUT2D eigenvalue weighted by molar-refractivity contribution is 7.90. The van der Waals surface area contributed by atoms with E-state index in [1.54, 1.807) is 40.0 Å². The number of sulfonamides is 1. The lowest BCUT2D eigenvalue weighted by atomic mass is 9.93. The summed E-state index contributed by atoms with van der Waals surface area (Å²) < 4.78 is 39.8. The van der Waals surface area contributed by atoms with Crippen LogP contribution in [0.4, 0.5) is 10.5 Å². The van der Waals surface area contributed by atoms with E-state index in [1.165, 1.54) is 0 Å². The van der Waals surface area contributed by atoms with Gasteiger partial charge in [0.2, 0.25) is 10.0 Å². The van der Waals surface area contributed by atoms with Gasteiger partial charge in [0.1, 0.15) is 19.0 Å². The van der Waals surface area contributed by atoms with Gasteiger partial charge in [-0.2, -0.15) is 5.10 Å². The average Bonchev–Trinajstić information content (AvgIpc) is 4.04. The quantitative estimate of drug-likeness (QED) is 0.157. The number of benzene rings is 3. The molecular weight excluding hydrogens is 701 g/mol. The Balaban J connectivity index is 0.992. The van der Waals surface area contributed by atoms with Crippen LogP contribution in [0, 0.1) is 12.8 Å². The summed E-state index contributed by atoms with van der Waals surface area (Å²) in [6, 6.07) is 16.4. The normalized spacial score (nSPS) is 17.9. The minimum absolute atomic E-state index is 0.102. The van der Waals surface area contributed by atoms with Gasteiger partial charge in [0.25, 0.3) is 5.91 Å². The van der Waals surface area contributed by atoms with Gasteiger partial charge in [-0.1, -0.05) is 41.4 Å². The van der Waals surface area contributed by atoms with Crippen LogP contribution in [0.1, 0.15) is 52.2 Å². The summed E-state index contributed by atoms with van der Waals surface area (Å²) in [5.41, 5.74) is 5.84. The summed E-state index contributed by atoms with van der Waals surface area (Å²) in [5, 5.41) is 8.17. The number of hydrogen-bond acceptors (Lipinski definition) is 7. The number of nitrogens with one attached hydrogen (secondary N) is 2. The zero-order valence-electron chi connectivity index (χ0n) is 27.4. The number of halogens is 2. The van der Waals surface area contributed by atoms with Crippen LogP contribution in [-0.2, 0) is 21.3 Å². The summed E-state index contributed by atoms with van der Waals surface area (Å²) in [6.07, 6.45) is 5.69. The van der Waals surface area contributed by atoms with Gasteiger partial charge in [-0.3, -0.25) is 14.4 Å². The van der Waals surface area contributed by atoms with Crippen LogP contribution >= 0.6 is 23.2 Å². The number of hydrogen-bond donors (Lipinski definition) is 2. The number of amides is 2. The number of carbonyl (C=O) groups is 2. The van der Waals surface area contributed by atoms with Gasteiger partial charge >= 0.3 is 6.09 Å². The molecule has 0 radical (unpaired) electrons. The van der Waals surface area contributed by atoms with Gasteiger partial charge in [-0.25, -0.2) is 17.9 Å². The van der Waals surface area contributed by atoms with Gasteiger partial charge in [-0.05, 0) is 91.1 Å². The predicted molar refractivity (Wildman–Crippen MR) is 192 cm³/mol. The Morgan fingerprint density at radius 2 is 1.84 bits per heavy atom. The maximum atomic E-state index is 13.3. The van der Waals surface area contributed by atoms with Crippen molar-refractivity contribution in [2.24, 2.45) is 5.92 Å². The Bertz CT molecular complexity index is 2050. The molecule has 7 rings (SSSR count). The van der Waals surface area contributed by atoms with Crippen LogP contribution in [-0.4, -0.2) is 68.3 Å². The van der Waals surface area contributed by atoms with E-state index in [9.17, 15) is 18.0 Å². The van der Waals surface area contributed by atoms with Crippen molar-refractivity contribution in [2.75, 3.05) is 37.7 Å². The number of anilines is 1. The fraction of sp³-hybridized carbons (Fsp3) is 0.361. The molecule has 3 aromatic carbocycles. The Labute approximate surface area is 300 Å². The first-order chi connectivity index (χ1) is 24.1. The van der Waals surface area contributed by atoms with E-state index >= 15 is 0 Å². The van der Waals surface area contributed by atoms with E-state index < -0.39 is 16.1 Å². The lowest BCUT2D eigenvalue weighted by Crippen LogP contribution is -2.37. The molecule has 2 heterocycles. The standard InChI is InChI=1S/C36H37Cl2N5O6S/c1-22-30(37)5-3-7-33(22)48-14-15-49-36(45)43-21-24-17-29(24)34-28(4-2-6-32(34)43)26-18-40-42(20-26)19-25-16-23(8-11-31(25)38)35(44)39-12-13-41-50(46,47)27-9-10-27/h2-8,11,16,18,20,24,27,29,41H,9-10,12-15,17,19,21H2,1H3,(H,39,44)/t24-,29-/m0/s1. The fourth-order valence-corrected chi connectivity index (χ4v) is 8.13. The molecular formula is C36H37Cl2N5O6S. The third kappa shape index (κ3) is 7.48. The summed E-state index contributed by atoms with van der Waals surface area (Å²) >= 11 is 12.7. The molecule has 2 amide bonds. The molecule has 0 unspecified atom stereocenters. The van der Waals surface area contributed by atoms with Crippen molar-refractivity contribution in [3.63, 3.8) is 0 Å². The van der Waals surface area contributed by atoms with Crippen molar-refractivity contribution in [1.82, 2.24) is 19.8 Å². The predicted octanol–water partition coefficient (Wildman–Crippen LogP) is 6.16. The second kappa shape index (κ2) is 14.3. The lowest BCUT2D eigenvalue weighted by Gasteiger charge is -2.29. The zero-order chi connectivity index (χ0) is 35.0. The monoisotopic (exact) mass is 737 g/mol. The average molecular weight is 739 g/mol. The number of ether oxygens (including phenoxy) is 2. The van der Waals surface area contributed by atoms with Crippen molar-refractivity contribution >= 4 is 50.9 Å². The maximum Gasteiger partial charge on any atom is 0.414 e. The van der Waals surface area contributed by atoms with Crippen molar-refractivity contribution in [3.05, 3.63) is 99.3 Å².